The van der Waals surface area contributed by atoms with Crippen molar-refractivity contribution in [2.45, 2.75) is 57.5 Å². The van der Waals surface area contributed by atoms with E-state index in [0.29, 0.717) is 29.5 Å². The predicted molar refractivity (Wildman–Crippen MR) is 216 cm³/mol. The number of nitrogens with two attached hydrogens (primary N) is 2. The first kappa shape index (κ1) is 42.8. The standard InChI is InChI=1S/C27H18F5N7O2S.C7H12FN.C5H13OS/c1-40-26-37-20-17-21(41-8-7-39(25(17)38-26)10-11-3-2-6-36-23(11)34)18(27(30,31)32)16(19(20)29)12-4-5-14(28)22-15(12)13(9-33)24(35)42-22;8-6-4-7-2-1-3-9(7)5-6;1-4-5-7(3)6-2/h2-6H,7-8,10,35H2,1H3,(H2,34,36);6-7H,1-5H2;4-5H2,1-3H3/q;;+1. The number of anilines is 3. The highest BCUT2D eigenvalue weighted by molar-refractivity contribution is 7.91. The van der Waals surface area contributed by atoms with Crippen molar-refractivity contribution >= 4 is 60.1 Å². The molecule has 0 radical (unpaired) electrons. The van der Waals surface area contributed by atoms with Crippen LogP contribution in [0.25, 0.3) is 32.1 Å². The fraction of sp³-hybridized carbons (Fsp3) is 0.436. The molecule has 2 aromatic carbocycles. The second-order valence-corrected chi connectivity index (χ2v) is 16.7. The average Bonchev–Trinajstić information content (AvgIpc) is 3.85. The molecule has 310 valence electrons. The van der Waals surface area contributed by atoms with E-state index < -0.39 is 51.9 Å². The third-order valence-electron chi connectivity index (χ3n) is 10.1. The number of rotatable bonds is 7. The fourth-order valence-corrected chi connectivity index (χ4v) is 9.16. The Morgan fingerprint density at radius 2 is 1.90 bits per heavy atom. The van der Waals surface area contributed by atoms with E-state index in [1.807, 2.05) is 0 Å². The molecule has 2 saturated heterocycles. The molecule has 11 nitrogen and oxygen atoms in total. The van der Waals surface area contributed by atoms with Crippen molar-refractivity contribution < 1.29 is 40.0 Å². The van der Waals surface area contributed by atoms with E-state index >= 15 is 4.39 Å². The number of methoxy groups -OCH3 is 1. The summed E-state index contributed by atoms with van der Waals surface area (Å²) in [7, 11) is 2.99. The Hall–Kier alpha value is -4.77. The Balaban J connectivity index is 0.000000293. The smallest absolute Gasteiger partial charge is 0.420 e. The van der Waals surface area contributed by atoms with Gasteiger partial charge in [0, 0.05) is 41.8 Å². The molecular weight excluding hydrogens is 807 g/mol. The Morgan fingerprint density at radius 1 is 1.12 bits per heavy atom. The molecule has 3 aliphatic rings. The van der Waals surface area contributed by atoms with Crippen molar-refractivity contribution in [3.8, 4) is 29.0 Å². The summed E-state index contributed by atoms with van der Waals surface area (Å²) in [6, 6.07) is 7.29. The van der Waals surface area contributed by atoms with Crippen LogP contribution < -0.4 is 25.8 Å². The van der Waals surface area contributed by atoms with Gasteiger partial charge in [0.1, 0.15) is 81.3 Å². The number of nitriles is 1. The van der Waals surface area contributed by atoms with Crippen LogP contribution in [0.2, 0.25) is 0 Å². The van der Waals surface area contributed by atoms with Gasteiger partial charge in [0.05, 0.1) is 36.4 Å². The zero-order valence-electron chi connectivity index (χ0n) is 32.3. The van der Waals surface area contributed by atoms with Crippen molar-refractivity contribution in [3.05, 3.63) is 58.8 Å². The van der Waals surface area contributed by atoms with Crippen LogP contribution in [-0.4, -0.2) is 84.5 Å². The van der Waals surface area contributed by atoms with Crippen molar-refractivity contribution in [1.82, 2.24) is 19.9 Å². The molecule has 19 heteroatoms. The van der Waals surface area contributed by atoms with Crippen LogP contribution in [0, 0.1) is 23.0 Å². The number of thiophene rings is 1. The molecule has 0 spiro atoms. The molecule has 4 N–H and O–H groups in total. The van der Waals surface area contributed by atoms with Gasteiger partial charge in [-0.25, -0.2) is 18.2 Å². The zero-order valence-corrected chi connectivity index (χ0v) is 33.9. The molecule has 6 heterocycles. The van der Waals surface area contributed by atoms with Crippen molar-refractivity contribution in [1.29, 1.82) is 5.26 Å². The van der Waals surface area contributed by atoms with Crippen molar-refractivity contribution in [2.24, 2.45) is 0 Å². The third-order valence-corrected chi connectivity index (χ3v) is 12.7. The van der Waals surface area contributed by atoms with E-state index in [1.54, 1.807) is 30.2 Å². The molecule has 5 aromatic rings. The van der Waals surface area contributed by atoms with Crippen LogP contribution in [0.5, 0.6) is 11.8 Å². The maximum atomic E-state index is 16.6. The first-order chi connectivity index (χ1) is 27.7. The highest BCUT2D eigenvalue weighted by Crippen LogP contribution is 2.53. The van der Waals surface area contributed by atoms with E-state index in [-0.39, 0.29) is 74.6 Å². The summed E-state index contributed by atoms with van der Waals surface area (Å²) in [5, 5.41) is 9.00. The monoisotopic (exact) mass is 849 g/mol. The first-order valence-electron chi connectivity index (χ1n) is 18.4. The summed E-state index contributed by atoms with van der Waals surface area (Å²) in [6.45, 7) is 3.86. The zero-order chi connectivity index (χ0) is 41.9. The van der Waals surface area contributed by atoms with Gasteiger partial charge in [0.2, 0.25) is 0 Å². The van der Waals surface area contributed by atoms with Gasteiger partial charge < -0.3 is 25.8 Å². The number of pyridine rings is 1. The number of nitrogen functional groups attached to an aromatic ring is 2. The van der Waals surface area contributed by atoms with Crippen LogP contribution in [0.4, 0.5) is 43.0 Å². The van der Waals surface area contributed by atoms with Crippen LogP contribution in [0.3, 0.4) is 0 Å². The number of fused-ring (bicyclic) bond motifs is 2. The largest absolute Gasteiger partial charge is 0.490 e. The van der Waals surface area contributed by atoms with Gasteiger partial charge in [0.15, 0.2) is 5.82 Å². The highest BCUT2D eigenvalue weighted by Gasteiger charge is 2.44. The second kappa shape index (κ2) is 18.0. The van der Waals surface area contributed by atoms with Gasteiger partial charge in [0.25, 0.3) is 0 Å². The van der Waals surface area contributed by atoms with Gasteiger partial charge in [-0.3, -0.25) is 4.90 Å². The SMILES string of the molecule is CCC[S+](C)OC.COc1nc2c3c(c(C(F)(F)F)c(-c4ccc(F)c5sc(N)c(C#N)c45)c(F)c3n1)OCCN2Cc1cccnc1N.FC1CC2CCCN2C1. The number of alkyl halides is 4. The maximum Gasteiger partial charge on any atom is 0.420 e. The molecule has 0 amide bonds. The highest BCUT2D eigenvalue weighted by atomic mass is 32.2. The topological polar surface area (TPSA) is 149 Å². The van der Waals surface area contributed by atoms with Crippen LogP contribution in [-0.2, 0) is 28.1 Å². The fourth-order valence-electron chi connectivity index (χ4n) is 7.47. The minimum absolute atomic E-state index is 0.0347. The number of nitrogens with zero attached hydrogens (tertiary/aromatic N) is 6. The number of aromatic nitrogens is 3. The molecule has 3 aliphatic heterocycles. The quantitative estimate of drug-likeness (QED) is 0.121. The summed E-state index contributed by atoms with van der Waals surface area (Å²) in [5.41, 5.74) is 8.81. The first-order valence-corrected chi connectivity index (χ1v) is 21.0. The lowest BCUT2D eigenvalue weighted by atomic mass is 9.91. The maximum absolute atomic E-state index is 16.6. The molecular formula is C39H43F6N8O3S2+. The number of hydrogen-bond acceptors (Lipinski definition) is 12. The molecule has 0 aliphatic carbocycles. The van der Waals surface area contributed by atoms with Crippen LogP contribution >= 0.6 is 11.3 Å². The Kier molecular flexibility index (Phi) is 13.3. The van der Waals surface area contributed by atoms with Gasteiger partial charge in [-0.2, -0.15) is 32.6 Å². The minimum atomic E-state index is -5.17. The minimum Gasteiger partial charge on any atom is -0.490 e. The normalized spacial score (nSPS) is 18.1. The molecule has 3 unspecified atom stereocenters. The number of ether oxygens (including phenoxy) is 2. The lowest BCUT2D eigenvalue weighted by Gasteiger charge is -2.24. The number of hydrogen-bond donors (Lipinski definition) is 2. The Bertz CT molecular complexity index is 2310. The molecule has 3 aromatic heterocycles. The van der Waals surface area contributed by atoms with Crippen LogP contribution in [0.1, 0.15) is 49.3 Å². The van der Waals surface area contributed by atoms with Crippen molar-refractivity contribution in [2.75, 3.05) is 68.8 Å². The van der Waals surface area contributed by atoms with E-state index in [2.05, 4.69) is 33.0 Å². The lowest BCUT2D eigenvalue weighted by Crippen LogP contribution is -2.28. The molecule has 58 heavy (non-hydrogen) atoms. The van der Waals surface area contributed by atoms with Gasteiger partial charge >= 0.3 is 12.2 Å². The summed E-state index contributed by atoms with van der Waals surface area (Å²) in [4.78, 5) is 16.3. The predicted octanol–water partition coefficient (Wildman–Crippen LogP) is 8.05. The van der Waals surface area contributed by atoms with E-state index in [0.717, 1.165) is 25.1 Å². The second-order valence-electron chi connectivity index (χ2n) is 13.8. The Morgan fingerprint density at radius 3 is 2.53 bits per heavy atom. The Labute approximate surface area is 338 Å². The summed E-state index contributed by atoms with van der Waals surface area (Å²) < 4.78 is 105. The summed E-state index contributed by atoms with van der Waals surface area (Å²) >= 11 is 0.898. The van der Waals surface area contributed by atoms with E-state index in [9.17, 15) is 27.2 Å². The van der Waals surface area contributed by atoms with Crippen LogP contribution in [0.15, 0.2) is 30.5 Å². The van der Waals surface area contributed by atoms with Crippen molar-refractivity contribution in [3.63, 3.8) is 0 Å². The lowest BCUT2D eigenvalue weighted by molar-refractivity contribution is -0.138. The molecule has 0 saturated carbocycles. The molecule has 0 bridgehead atoms. The van der Waals surface area contributed by atoms with Gasteiger partial charge in [-0.05, 0) is 49.9 Å². The van der Waals surface area contributed by atoms with Gasteiger partial charge in [-0.15, -0.1) is 11.3 Å². The third kappa shape index (κ3) is 8.65. The van der Waals surface area contributed by atoms with Gasteiger partial charge in [-0.1, -0.05) is 19.1 Å². The van der Waals surface area contributed by atoms with E-state index in [4.69, 9.17) is 25.1 Å². The molecule has 2 fully saturated rings. The number of halogens is 6. The molecule has 8 rings (SSSR count). The average molecular weight is 850 g/mol. The molecule has 3 atom stereocenters. The van der Waals surface area contributed by atoms with E-state index in [1.165, 1.54) is 38.3 Å². The number of benzene rings is 2. The summed E-state index contributed by atoms with van der Waals surface area (Å²) in [5.74, 6) is -1.61. The summed E-state index contributed by atoms with van der Waals surface area (Å²) in [6.07, 6.45) is 2.47.